The number of piperazine rings is 1. The average Bonchev–Trinajstić information content (AvgIpc) is 2.61. The maximum absolute atomic E-state index is 13.5. The van der Waals surface area contributed by atoms with Crippen LogP contribution in [0.2, 0.25) is 0 Å². The van der Waals surface area contributed by atoms with Crippen LogP contribution in [-0.4, -0.2) is 38.1 Å². The van der Waals surface area contributed by atoms with Crippen molar-refractivity contribution in [3.63, 3.8) is 0 Å². The van der Waals surface area contributed by atoms with E-state index in [0.717, 1.165) is 5.82 Å². The lowest BCUT2D eigenvalue weighted by molar-refractivity contribution is -0.0811. The number of benzene rings is 1. The molecule has 3 rings (SSSR count). The smallest absolute Gasteiger partial charge is 0.410 e. The third-order valence-corrected chi connectivity index (χ3v) is 7.24. The fourth-order valence-electron chi connectivity index (χ4n) is 4.64. The molecule has 1 aliphatic heterocycles. The van der Waals surface area contributed by atoms with Crippen molar-refractivity contribution in [2.75, 3.05) is 4.90 Å². The molecule has 1 aromatic carbocycles. The van der Waals surface area contributed by atoms with E-state index < -0.39 is 22.2 Å². The van der Waals surface area contributed by atoms with Crippen LogP contribution in [0.3, 0.4) is 0 Å². The SMILES string of the molecule is CC1(C)N(C(=O)Oc2ccccc2)C(C)(C)C(C)(C)N(c2ccccn2)C1(C)C. The van der Waals surface area contributed by atoms with Crippen LogP contribution >= 0.6 is 0 Å². The normalized spacial score (nSPS) is 21.5. The Morgan fingerprint density at radius 1 is 0.759 bits per heavy atom. The van der Waals surface area contributed by atoms with Crippen LogP contribution in [-0.2, 0) is 0 Å². The molecule has 0 saturated carbocycles. The number of anilines is 1. The summed E-state index contributed by atoms with van der Waals surface area (Å²) in [5.41, 5.74) is -1.93. The zero-order valence-electron chi connectivity index (χ0n) is 18.9. The minimum Gasteiger partial charge on any atom is -0.410 e. The Bertz CT molecular complexity index is 846. The monoisotopic (exact) mass is 395 g/mol. The number of amides is 1. The molecule has 1 fully saturated rings. The van der Waals surface area contributed by atoms with Gasteiger partial charge in [0.2, 0.25) is 0 Å². The van der Waals surface area contributed by atoms with Gasteiger partial charge in [-0.2, -0.15) is 0 Å². The van der Waals surface area contributed by atoms with E-state index in [2.05, 4.69) is 65.3 Å². The van der Waals surface area contributed by atoms with Gasteiger partial charge >= 0.3 is 6.09 Å². The quantitative estimate of drug-likeness (QED) is 0.672. The van der Waals surface area contributed by atoms with Crippen LogP contribution in [0.25, 0.3) is 0 Å². The number of carbonyl (C=O) groups is 1. The fourth-order valence-corrected chi connectivity index (χ4v) is 4.64. The van der Waals surface area contributed by atoms with Crippen LogP contribution < -0.4 is 9.64 Å². The summed E-state index contributed by atoms with van der Waals surface area (Å²) in [5.74, 6) is 1.45. The molecule has 5 heteroatoms. The molecule has 0 unspecified atom stereocenters. The number of carbonyl (C=O) groups excluding carboxylic acids is 1. The summed E-state index contributed by atoms with van der Waals surface area (Å²) in [5, 5.41) is 0. The topological polar surface area (TPSA) is 45.7 Å². The lowest BCUT2D eigenvalue weighted by Gasteiger charge is -2.71. The maximum atomic E-state index is 13.5. The number of pyridine rings is 1. The van der Waals surface area contributed by atoms with Gasteiger partial charge in [0.05, 0.1) is 22.2 Å². The summed E-state index contributed by atoms with van der Waals surface area (Å²) in [6.07, 6.45) is 1.48. The van der Waals surface area contributed by atoms with Crippen LogP contribution in [0.4, 0.5) is 10.6 Å². The Balaban J connectivity index is 2.12. The van der Waals surface area contributed by atoms with Crippen molar-refractivity contribution >= 4 is 11.9 Å². The summed E-state index contributed by atoms with van der Waals surface area (Å²) in [7, 11) is 0. The van der Waals surface area contributed by atoms with Gasteiger partial charge in [-0.15, -0.1) is 0 Å². The predicted molar refractivity (Wildman–Crippen MR) is 117 cm³/mol. The van der Waals surface area contributed by atoms with E-state index >= 15 is 0 Å². The first-order valence-corrected chi connectivity index (χ1v) is 10.1. The molecule has 1 aliphatic rings. The van der Waals surface area contributed by atoms with Crippen molar-refractivity contribution in [1.82, 2.24) is 9.88 Å². The van der Waals surface area contributed by atoms with Gasteiger partial charge in [-0.05, 0) is 79.7 Å². The van der Waals surface area contributed by atoms with Crippen molar-refractivity contribution in [2.24, 2.45) is 0 Å². The fraction of sp³-hybridized carbons (Fsp3) is 0.500. The lowest BCUT2D eigenvalue weighted by Crippen LogP contribution is -2.85. The van der Waals surface area contributed by atoms with Crippen LogP contribution in [0.15, 0.2) is 54.7 Å². The highest BCUT2D eigenvalue weighted by Crippen LogP contribution is 2.52. The van der Waals surface area contributed by atoms with Gasteiger partial charge in [0, 0.05) is 6.20 Å². The molecule has 2 aromatic rings. The zero-order valence-corrected chi connectivity index (χ0v) is 18.9. The average molecular weight is 396 g/mol. The molecule has 0 radical (unpaired) electrons. The van der Waals surface area contributed by atoms with E-state index in [-0.39, 0.29) is 6.09 Å². The molecule has 0 atom stereocenters. The highest BCUT2D eigenvalue weighted by atomic mass is 16.6. The minimum absolute atomic E-state index is 0.340. The molecular formula is C24H33N3O2. The predicted octanol–water partition coefficient (Wildman–Crippen LogP) is 5.52. The molecule has 2 heterocycles. The Hall–Kier alpha value is -2.56. The number of aromatic nitrogens is 1. The first kappa shape index (κ1) is 21.2. The summed E-state index contributed by atoms with van der Waals surface area (Å²) < 4.78 is 5.81. The second-order valence-electron chi connectivity index (χ2n) is 9.78. The summed E-state index contributed by atoms with van der Waals surface area (Å²) in [6, 6.07) is 15.2. The summed E-state index contributed by atoms with van der Waals surface area (Å²) in [4.78, 5) is 22.4. The van der Waals surface area contributed by atoms with Gasteiger partial charge in [0.15, 0.2) is 0 Å². The van der Waals surface area contributed by atoms with Gasteiger partial charge in [0.1, 0.15) is 11.6 Å². The van der Waals surface area contributed by atoms with E-state index in [0.29, 0.717) is 5.75 Å². The largest absolute Gasteiger partial charge is 0.416 e. The number of rotatable bonds is 2. The van der Waals surface area contributed by atoms with Crippen molar-refractivity contribution < 1.29 is 9.53 Å². The first-order chi connectivity index (χ1) is 13.3. The Kier molecular flexibility index (Phi) is 4.93. The van der Waals surface area contributed by atoms with E-state index in [1.165, 1.54) is 0 Å². The van der Waals surface area contributed by atoms with E-state index in [1.807, 2.05) is 47.5 Å². The van der Waals surface area contributed by atoms with Gasteiger partial charge in [-0.3, -0.25) is 4.90 Å². The number of nitrogens with zero attached hydrogens (tertiary/aromatic N) is 3. The molecule has 5 nitrogen and oxygen atoms in total. The van der Waals surface area contributed by atoms with Gasteiger partial charge in [-0.25, -0.2) is 9.78 Å². The Labute approximate surface area is 174 Å². The first-order valence-electron chi connectivity index (χ1n) is 10.1. The highest BCUT2D eigenvalue weighted by Gasteiger charge is 2.65. The number of hydrogen-bond acceptors (Lipinski definition) is 4. The van der Waals surface area contributed by atoms with Gasteiger partial charge < -0.3 is 9.64 Å². The zero-order chi connectivity index (χ0) is 21.7. The summed E-state index contributed by atoms with van der Waals surface area (Å²) >= 11 is 0. The molecule has 156 valence electrons. The van der Waals surface area contributed by atoms with E-state index in [4.69, 9.17) is 4.74 Å². The molecule has 1 aromatic heterocycles. The van der Waals surface area contributed by atoms with Crippen molar-refractivity contribution in [2.45, 2.75) is 77.5 Å². The second-order valence-corrected chi connectivity index (χ2v) is 9.78. The Morgan fingerprint density at radius 2 is 1.28 bits per heavy atom. The molecule has 0 N–H and O–H groups in total. The molecule has 0 aliphatic carbocycles. The van der Waals surface area contributed by atoms with E-state index in [9.17, 15) is 4.79 Å². The van der Waals surface area contributed by atoms with Crippen LogP contribution in [0.1, 0.15) is 55.4 Å². The maximum Gasteiger partial charge on any atom is 0.416 e. The van der Waals surface area contributed by atoms with Crippen molar-refractivity contribution in [3.8, 4) is 5.75 Å². The molecule has 0 bridgehead atoms. The second kappa shape index (κ2) is 6.75. The number of ether oxygens (including phenoxy) is 1. The summed E-state index contributed by atoms with van der Waals surface area (Å²) in [6.45, 7) is 17.1. The highest BCUT2D eigenvalue weighted by molar-refractivity contribution is 5.75. The van der Waals surface area contributed by atoms with Gasteiger partial charge in [-0.1, -0.05) is 24.3 Å². The molecule has 29 heavy (non-hydrogen) atoms. The van der Waals surface area contributed by atoms with E-state index in [1.54, 1.807) is 12.1 Å². The third kappa shape index (κ3) is 3.07. The van der Waals surface area contributed by atoms with Crippen LogP contribution in [0.5, 0.6) is 5.75 Å². The third-order valence-electron chi connectivity index (χ3n) is 7.24. The molecule has 1 amide bonds. The van der Waals surface area contributed by atoms with Crippen molar-refractivity contribution in [1.29, 1.82) is 0 Å². The number of hydrogen-bond donors (Lipinski definition) is 0. The van der Waals surface area contributed by atoms with Crippen LogP contribution in [0, 0.1) is 0 Å². The minimum atomic E-state index is -0.546. The lowest BCUT2D eigenvalue weighted by atomic mass is 9.65. The molecular weight excluding hydrogens is 362 g/mol. The van der Waals surface area contributed by atoms with Crippen molar-refractivity contribution in [3.05, 3.63) is 54.7 Å². The van der Waals surface area contributed by atoms with Gasteiger partial charge in [0.25, 0.3) is 0 Å². The Morgan fingerprint density at radius 3 is 1.76 bits per heavy atom. The number of para-hydroxylation sites is 1. The molecule has 0 spiro atoms. The standard InChI is InChI=1S/C24H33N3O2/c1-21(2)23(5,6)27(20(28)29-18-14-10-9-11-15-18)24(7,8)22(3,4)26(21)19-16-12-13-17-25-19/h9-17H,1-8H3. The molecule has 1 saturated heterocycles.